The molecule has 2 heterocycles. The summed E-state index contributed by atoms with van der Waals surface area (Å²) >= 11 is 6.22. The van der Waals surface area contributed by atoms with Gasteiger partial charge in [-0.25, -0.2) is 0 Å². The van der Waals surface area contributed by atoms with Gasteiger partial charge in [-0.3, -0.25) is 9.97 Å². The van der Waals surface area contributed by atoms with Crippen molar-refractivity contribution >= 4 is 11.6 Å². The lowest BCUT2D eigenvalue weighted by molar-refractivity contribution is 0.0629. The Kier molecular flexibility index (Phi) is 15.1. The monoisotopic (exact) mass is 472 g/mol. The minimum atomic E-state index is 0. The van der Waals surface area contributed by atoms with Gasteiger partial charge in [-0.2, -0.15) is 0 Å². The van der Waals surface area contributed by atoms with Gasteiger partial charge in [0, 0.05) is 44.3 Å². The summed E-state index contributed by atoms with van der Waals surface area (Å²) in [6.45, 7) is 13.6. The molecular weight excluding hydrogens is 428 g/mol. The smallest absolute Gasteiger partial charge is 0.0724 e. The molecule has 3 atom stereocenters. The zero-order chi connectivity index (χ0) is 20.1. The maximum absolute atomic E-state index is 6.22. The normalized spacial score (nSPS) is 23.0. The van der Waals surface area contributed by atoms with Crippen LogP contribution in [0.3, 0.4) is 0 Å². The summed E-state index contributed by atoms with van der Waals surface area (Å²) in [7, 11) is 0. The number of aromatic nitrogens is 2. The standard InChI is InChI=1S/C23H35ClN4.CH4.3H2O/c1-17(2)22(27-14-20-13-25-10-11-26-20)15-28-12-9-21(23(3,4)16-28)18-5-7-19(24)8-6-18;;;;/h5-7,10-11,13,17,19,21-22,27H,8-9,12,14-16H2,1-4H3;1H4;3*1H2/t19?,21-,22+;;;;/m1..../s1. The van der Waals surface area contributed by atoms with E-state index in [-0.39, 0.29) is 34.6 Å². The molecule has 7 nitrogen and oxygen atoms in total. The Balaban J connectivity index is 0. The van der Waals surface area contributed by atoms with Crippen LogP contribution in [0.1, 0.15) is 53.7 Å². The van der Waals surface area contributed by atoms with Gasteiger partial charge in [0.2, 0.25) is 0 Å². The maximum Gasteiger partial charge on any atom is 0.0724 e. The molecule has 7 N–H and O–H groups in total. The van der Waals surface area contributed by atoms with Gasteiger partial charge in [0.15, 0.2) is 0 Å². The number of nitrogens with zero attached hydrogens (tertiary/aromatic N) is 3. The Labute approximate surface area is 199 Å². The fourth-order valence-electron chi connectivity index (χ4n) is 4.56. The average molecular weight is 473 g/mol. The van der Waals surface area contributed by atoms with Gasteiger partial charge in [-0.05, 0) is 42.2 Å². The number of alkyl halides is 1. The first-order valence-electron chi connectivity index (χ1n) is 10.6. The Morgan fingerprint density at radius 3 is 2.47 bits per heavy atom. The summed E-state index contributed by atoms with van der Waals surface area (Å²) < 4.78 is 0. The first-order valence-corrected chi connectivity index (χ1v) is 11.0. The summed E-state index contributed by atoms with van der Waals surface area (Å²) in [6.07, 6.45) is 14.3. The van der Waals surface area contributed by atoms with Crippen LogP contribution < -0.4 is 5.32 Å². The van der Waals surface area contributed by atoms with E-state index in [0.29, 0.717) is 17.9 Å². The molecule has 0 amide bonds. The third-order valence-electron chi connectivity index (χ3n) is 6.21. The summed E-state index contributed by atoms with van der Waals surface area (Å²) in [5, 5.41) is 3.87. The fourth-order valence-corrected chi connectivity index (χ4v) is 4.72. The van der Waals surface area contributed by atoms with Crippen LogP contribution in [-0.2, 0) is 6.54 Å². The molecule has 0 aromatic carbocycles. The summed E-state index contributed by atoms with van der Waals surface area (Å²) in [5.41, 5.74) is 2.75. The van der Waals surface area contributed by atoms with Gasteiger partial charge in [-0.1, -0.05) is 53.3 Å². The molecule has 0 spiro atoms. The van der Waals surface area contributed by atoms with E-state index in [1.165, 1.54) is 12.0 Å². The van der Waals surface area contributed by atoms with Crippen LogP contribution in [0.15, 0.2) is 42.4 Å². The lowest BCUT2D eigenvalue weighted by atomic mass is 9.69. The number of nitrogens with one attached hydrogen (secondary N) is 1. The molecule has 186 valence electrons. The molecule has 1 aromatic heterocycles. The molecule has 0 radical (unpaired) electrons. The summed E-state index contributed by atoms with van der Waals surface area (Å²) in [5.74, 6) is 1.19. The highest BCUT2D eigenvalue weighted by Gasteiger charge is 2.38. The van der Waals surface area contributed by atoms with E-state index >= 15 is 0 Å². The molecule has 1 unspecified atom stereocenters. The zero-order valence-electron chi connectivity index (χ0n) is 19.2. The van der Waals surface area contributed by atoms with Crippen LogP contribution in [0, 0.1) is 17.3 Å². The minimum absolute atomic E-state index is 0. The highest BCUT2D eigenvalue weighted by atomic mass is 35.5. The van der Waals surface area contributed by atoms with Crippen LogP contribution in [0.4, 0.5) is 0 Å². The molecule has 2 aliphatic rings. The molecule has 3 rings (SSSR count). The van der Waals surface area contributed by atoms with Gasteiger partial charge < -0.3 is 26.6 Å². The van der Waals surface area contributed by atoms with Gasteiger partial charge in [0.1, 0.15) is 0 Å². The fraction of sp³-hybridized carbons (Fsp3) is 0.667. The van der Waals surface area contributed by atoms with Crippen LogP contribution in [0.2, 0.25) is 0 Å². The Bertz CT molecular complexity index is 698. The van der Waals surface area contributed by atoms with Gasteiger partial charge in [0.05, 0.1) is 11.1 Å². The average Bonchev–Trinajstić information content (AvgIpc) is 2.66. The Morgan fingerprint density at radius 2 is 1.94 bits per heavy atom. The topological polar surface area (TPSA) is 136 Å². The minimum Gasteiger partial charge on any atom is -0.412 e. The van der Waals surface area contributed by atoms with Gasteiger partial charge in [0.25, 0.3) is 0 Å². The van der Waals surface area contributed by atoms with Gasteiger partial charge in [-0.15, -0.1) is 11.6 Å². The number of piperidine rings is 1. The molecule has 1 fully saturated rings. The second-order valence-electron chi connectivity index (χ2n) is 9.31. The van der Waals surface area contributed by atoms with Crippen molar-refractivity contribution in [3.8, 4) is 0 Å². The van der Waals surface area contributed by atoms with Crippen LogP contribution >= 0.6 is 11.6 Å². The van der Waals surface area contributed by atoms with Crippen LogP contribution in [0.25, 0.3) is 0 Å². The zero-order valence-corrected chi connectivity index (χ0v) is 20.0. The largest absolute Gasteiger partial charge is 0.412 e. The second-order valence-corrected chi connectivity index (χ2v) is 9.87. The highest BCUT2D eigenvalue weighted by molar-refractivity contribution is 6.22. The van der Waals surface area contributed by atoms with Crippen LogP contribution in [0.5, 0.6) is 0 Å². The third kappa shape index (κ3) is 8.89. The van der Waals surface area contributed by atoms with Crippen molar-refractivity contribution in [2.24, 2.45) is 17.3 Å². The van der Waals surface area contributed by atoms with Crippen molar-refractivity contribution in [3.63, 3.8) is 0 Å². The van der Waals surface area contributed by atoms with E-state index in [0.717, 1.165) is 38.3 Å². The number of likely N-dealkylation sites (tertiary alicyclic amines) is 1. The Hall–Kier alpha value is -1.35. The van der Waals surface area contributed by atoms with Crippen molar-refractivity contribution in [3.05, 3.63) is 48.1 Å². The predicted octanol–water partition coefficient (Wildman–Crippen LogP) is 2.59. The van der Waals surface area contributed by atoms with Crippen LogP contribution in [-0.4, -0.2) is 62.3 Å². The molecule has 1 aliphatic carbocycles. The SMILES string of the molecule is C.CC(C)[C@H](CN1CC[C@H](C2=CCC(Cl)C=C2)C(C)(C)C1)NCc1cnccn1.O.O.O. The lowest BCUT2D eigenvalue weighted by Crippen LogP contribution is -2.51. The highest BCUT2D eigenvalue weighted by Crippen LogP contribution is 2.41. The summed E-state index contributed by atoms with van der Waals surface area (Å²) in [4.78, 5) is 11.2. The number of hydrogen-bond donors (Lipinski definition) is 1. The molecule has 1 aliphatic heterocycles. The second kappa shape index (κ2) is 14.7. The first kappa shape index (κ1) is 32.8. The van der Waals surface area contributed by atoms with Crippen molar-refractivity contribution in [2.75, 3.05) is 19.6 Å². The molecular formula is C24H45ClN4O3. The molecule has 1 aromatic rings. The van der Waals surface area contributed by atoms with Crippen molar-refractivity contribution in [1.29, 1.82) is 0 Å². The van der Waals surface area contributed by atoms with Crippen molar-refractivity contribution < 1.29 is 16.4 Å². The molecule has 1 saturated heterocycles. The third-order valence-corrected chi connectivity index (χ3v) is 6.53. The predicted molar refractivity (Wildman–Crippen MR) is 135 cm³/mol. The number of rotatable bonds is 7. The molecule has 8 heteroatoms. The molecule has 32 heavy (non-hydrogen) atoms. The number of allylic oxidation sites excluding steroid dienone is 4. The van der Waals surface area contributed by atoms with Gasteiger partial charge >= 0.3 is 0 Å². The van der Waals surface area contributed by atoms with E-state index in [1.807, 2.05) is 6.20 Å². The van der Waals surface area contributed by atoms with Crippen molar-refractivity contribution in [2.45, 2.75) is 65.9 Å². The number of hydrogen-bond acceptors (Lipinski definition) is 4. The summed E-state index contributed by atoms with van der Waals surface area (Å²) in [6, 6.07) is 0.445. The lowest BCUT2D eigenvalue weighted by Gasteiger charge is -2.46. The molecule has 0 saturated carbocycles. The van der Waals surface area contributed by atoms with E-state index in [2.05, 4.69) is 66.1 Å². The van der Waals surface area contributed by atoms with E-state index in [9.17, 15) is 0 Å². The quantitative estimate of drug-likeness (QED) is 0.609. The first-order chi connectivity index (χ1) is 13.3. The molecule has 0 bridgehead atoms. The van der Waals surface area contributed by atoms with Crippen molar-refractivity contribution in [1.82, 2.24) is 20.2 Å². The van der Waals surface area contributed by atoms with E-state index < -0.39 is 0 Å². The maximum atomic E-state index is 6.22. The Morgan fingerprint density at radius 1 is 1.22 bits per heavy atom. The van der Waals surface area contributed by atoms with E-state index in [1.54, 1.807) is 12.4 Å². The number of halogens is 1. The van der Waals surface area contributed by atoms with E-state index in [4.69, 9.17) is 11.6 Å².